The fraction of sp³-hybridized carbons (Fsp3) is 0.474. The van der Waals surface area contributed by atoms with Crippen LogP contribution in [0.2, 0.25) is 0 Å². The molecule has 2 aromatic heterocycles. The Morgan fingerprint density at radius 3 is 2.69 bits per heavy atom. The van der Waals surface area contributed by atoms with E-state index >= 15 is 0 Å². The largest absolute Gasteiger partial charge is 0.351 e. The van der Waals surface area contributed by atoms with E-state index in [1.165, 1.54) is 0 Å². The van der Waals surface area contributed by atoms with Gasteiger partial charge in [-0.15, -0.1) is 0 Å². The van der Waals surface area contributed by atoms with E-state index in [1.54, 1.807) is 9.30 Å². The van der Waals surface area contributed by atoms with Gasteiger partial charge in [0.2, 0.25) is 5.91 Å². The van der Waals surface area contributed by atoms with Gasteiger partial charge in [-0.25, -0.2) is 4.98 Å². The molecule has 7 heteroatoms. The third kappa shape index (κ3) is 3.76. The quantitative estimate of drug-likeness (QED) is 0.826. The average Bonchev–Trinajstić information content (AvgIpc) is 2.96. The highest BCUT2D eigenvalue weighted by Crippen LogP contribution is 2.15. The highest BCUT2D eigenvalue weighted by Gasteiger charge is 2.21. The Balaban J connectivity index is 1.52. The van der Waals surface area contributed by atoms with Crippen molar-refractivity contribution in [2.24, 2.45) is 0 Å². The molecular formula is C19H24N4O3. The Hall–Kier alpha value is -2.70. The maximum Gasteiger partial charge on any atom is 0.270 e. The number of hydrogen-bond donors (Lipinski definition) is 1. The summed E-state index contributed by atoms with van der Waals surface area (Å²) < 4.78 is 1.80. The van der Waals surface area contributed by atoms with Crippen molar-refractivity contribution in [3.63, 3.8) is 0 Å². The second-order valence-corrected chi connectivity index (χ2v) is 6.71. The Kier molecular flexibility index (Phi) is 5.35. The van der Waals surface area contributed by atoms with Gasteiger partial charge in [-0.1, -0.05) is 6.07 Å². The molecule has 138 valence electrons. The number of carbonyl (C=O) groups excluding carboxylic acids is 3. The summed E-state index contributed by atoms with van der Waals surface area (Å²) >= 11 is 0. The molecule has 7 nitrogen and oxygen atoms in total. The van der Waals surface area contributed by atoms with Crippen molar-refractivity contribution >= 4 is 23.2 Å². The lowest BCUT2D eigenvalue weighted by atomic mass is 10.1. The van der Waals surface area contributed by atoms with Gasteiger partial charge >= 0.3 is 0 Å². The van der Waals surface area contributed by atoms with Crippen LogP contribution in [0.3, 0.4) is 0 Å². The normalized spacial score (nSPS) is 14.7. The van der Waals surface area contributed by atoms with Crippen LogP contribution in [0.15, 0.2) is 18.3 Å². The summed E-state index contributed by atoms with van der Waals surface area (Å²) in [6.07, 6.45) is 3.69. The number of piperidine rings is 1. The molecular weight excluding hydrogens is 332 g/mol. The Morgan fingerprint density at radius 1 is 1.23 bits per heavy atom. The molecule has 0 atom stereocenters. The van der Waals surface area contributed by atoms with Gasteiger partial charge in [-0.3, -0.25) is 18.8 Å². The zero-order valence-corrected chi connectivity index (χ0v) is 15.2. The topological polar surface area (TPSA) is 83.8 Å². The van der Waals surface area contributed by atoms with Crippen LogP contribution in [-0.2, 0) is 9.59 Å². The summed E-state index contributed by atoms with van der Waals surface area (Å²) in [6.45, 7) is 5.25. The van der Waals surface area contributed by atoms with Gasteiger partial charge in [-0.2, -0.15) is 0 Å². The molecule has 0 radical (unpaired) electrons. The van der Waals surface area contributed by atoms with Crippen LogP contribution in [0, 0.1) is 13.8 Å². The summed E-state index contributed by atoms with van der Waals surface area (Å²) in [7, 11) is 0. The monoisotopic (exact) mass is 356 g/mol. The van der Waals surface area contributed by atoms with Gasteiger partial charge in [-0.05, 0) is 31.9 Å². The van der Waals surface area contributed by atoms with Crippen molar-refractivity contribution in [1.82, 2.24) is 19.6 Å². The van der Waals surface area contributed by atoms with Gasteiger partial charge in [0.25, 0.3) is 5.91 Å². The molecule has 3 heterocycles. The highest BCUT2D eigenvalue weighted by atomic mass is 16.2. The Bertz CT molecular complexity index is 846. The van der Waals surface area contributed by atoms with Crippen LogP contribution in [0.4, 0.5) is 0 Å². The van der Waals surface area contributed by atoms with E-state index in [9.17, 15) is 14.4 Å². The van der Waals surface area contributed by atoms with Gasteiger partial charge in [0.1, 0.15) is 17.1 Å². The first-order valence-electron chi connectivity index (χ1n) is 8.99. The number of aromatic nitrogens is 2. The first-order valence-corrected chi connectivity index (χ1v) is 8.99. The number of imidazole rings is 1. The number of ketones is 1. The lowest BCUT2D eigenvalue weighted by Gasteiger charge is -2.26. The fourth-order valence-electron chi connectivity index (χ4n) is 3.28. The van der Waals surface area contributed by atoms with Crippen molar-refractivity contribution in [3.05, 3.63) is 35.3 Å². The summed E-state index contributed by atoms with van der Waals surface area (Å²) in [5, 5.41) is 2.88. The number of carbonyl (C=O) groups is 3. The van der Waals surface area contributed by atoms with E-state index in [0.717, 1.165) is 11.2 Å². The average molecular weight is 356 g/mol. The standard InChI is InChI=1S/C19H24N4O3/c1-13-5-4-10-23-17(14(2)21-18(13)23)19(26)20-9-3-6-16(25)22-11-7-15(24)8-12-22/h4-5,10H,3,6-9,11-12H2,1-2H3,(H,20,26). The molecule has 0 bridgehead atoms. The summed E-state index contributed by atoms with van der Waals surface area (Å²) in [6, 6.07) is 3.85. The molecule has 1 fully saturated rings. The predicted molar refractivity (Wildman–Crippen MR) is 97.1 cm³/mol. The van der Waals surface area contributed by atoms with Crippen LogP contribution >= 0.6 is 0 Å². The Morgan fingerprint density at radius 2 is 1.96 bits per heavy atom. The number of aryl methyl sites for hydroxylation is 2. The Labute approximate surface area is 152 Å². The van der Waals surface area contributed by atoms with E-state index in [-0.39, 0.29) is 17.6 Å². The molecule has 0 aliphatic carbocycles. The smallest absolute Gasteiger partial charge is 0.270 e. The summed E-state index contributed by atoms with van der Waals surface area (Å²) in [5.74, 6) is 0.0879. The molecule has 3 rings (SSSR count). The number of likely N-dealkylation sites (tertiary alicyclic amines) is 1. The van der Waals surface area contributed by atoms with Crippen molar-refractivity contribution in [2.75, 3.05) is 19.6 Å². The van der Waals surface area contributed by atoms with E-state index < -0.39 is 0 Å². The first kappa shape index (κ1) is 18.1. The molecule has 2 amide bonds. The zero-order valence-electron chi connectivity index (χ0n) is 15.2. The first-order chi connectivity index (χ1) is 12.5. The molecule has 0 spiro atoms. The van der Waals surface area contributed by atoms with Crippen LogP contribution in [0.1, 0.15) is 47.4 Å². The number of nitrogens with one attached hydrogen (secondary N) is 1. The second-order valence-electron chi connectivity index (χ2n) is 6.71. The molecule has 0 aromatic carbocycles. The van der Waals surface area contributed by atoms with Gasteiger partial charge in [0.05, 0.1) is 5.69 Å². The predicted octanol–water partition coefficient (Wildman–Crippen LogP) is 1.65. The van der Waals surface area contributed by atoms with Gasteiger partial charge in [0.15, 0.2) is 0 Å². The third-order valence-electron chi connectivity index (χ3n) is 4.76. The third-order valence-corrected chi connectivity index (χ3v) is 4.76. The lowest BCUT2D eigenvalue weighted by molar-refractivity contribution is -0.134. The second kappa shape index (κ2) is 7.68. The maximum atomic E-state index is 12.5. The zero-order chi connectivity index (χ0) is 18.7. The van der Waals surface area contributed by atoms with Crippen molar-refractivity contribution in [1.29, 1.82) is 0 Å². The number of Topliss-reactive ketones (excluding diaryl/α,β-unsaturated/α-hetero) is 1. The SMILES string of the molecule is Cc1nc2c(C)cccn2c1C(=O)NCCCC(=O)N1CCC(=O)CC1. The minimum absolute atomic E-state index is 0.0494. The molecule has 1 aliphatic heterocycles. The number of fused-ring (bicyclic) bond motifs is 1. The minimum atomic E-state index is -0.184. The molecule has 1 aliphatic rings. The molecule has 26 heavy (non-hydrogen) atoms. The molecule has 2 aromatic rings. The molecule has 0 saturated carbocycles. The molecule has 0 unspecified atom stereocenters. The number of nitrogens with zero attached hydrogens (tertiary/aromatic N) is 3. The van der Waals surface area contributed by atoms with Crippen molar-refractivity contribution < 1.29 is 14.4 Å². The van der Waals surface area contributed by atoms with E-state index in [2.05, 4.69) is 10.3 Å². The number of pyridine rings is 1. The van der Waals surface area contributed by atoms with Crippen LogP contribution in [-0.4, -0.2) is 51.5 Å². The summed E-state index contributed by atoms with van der Waals surface area (Å²) in [4.78, 5) is 42.1. The van der Waals surface area contributed by atoms with Crippen molar-refractivity contribution in [2.45, 2.75) is 39.5 Å². The number of hydrogen-bond acceptors (Lipinski definition) is 4. The maximum absolute atomic E-state index is 12.5. The van der Waals surface area contributed by atoms with Crippen LogP contribution in [0.5, 0.6) is 0 Å². The summed E-state index contributed by atoms with van der Waals surface area (Å²) in [5.41, 5.74) is 3.01. The fourth-order valence-corrected chi connectivity index (χ4v) is 3.28. The highest BCUT2D eigenvalue weighted by molar-refractivity contribution is 5.94. The number of amides is 2. The van der Waals surface area contributed by atoms with Crippen LogP contribution < -0.4 is 5.32 Å². The van der Waals surface area contributed by atoms with Gasteiger partial charge < -0.3 is 10.2 Å². The van der Waals surface area contributed by atoms with E-state index in [1.807, 2.05) is 32.2 Å². The lowest BCUT2D eigenvalue weighted by Crippen LogP contribution is -2.38. The van der Waals surface area contributed by atoms with Crippen molar-refractivity contribution in [3.8, 4) is 0 Å². The van der Waals surface area contributed by atoms with E-state index in [4.69, 9.17) is 0 Å². The van der Waals surface area contributed by atoms with Crippen LogP contribution in [0.25, 0.3) is 5.65 Å². The molecule has 1 saturated heterocycles. The minimum Gasteiger partial charge on any atom is -0.351 e. The number of rotatable bonds is 5. The molecule has 1 N–H and O–H groups in total. The van der Waals surface area contributed by atoms with Gasteiger partial charge in [0, 0.05) is 45.1 Å². The van der Waals surface area contributed by atoms with E-state index in [0.29, 0.717) is 56.7 Å².